The highest BCUT2D eigenvalue weighted by Crippen LogP contribution is 2.23. The average molecular weight is 323 g/mol. The molecule has 0 fully saturated rings. The van der Waals surface area contributed by atoms with Crippen molar-refractivity contribution < 1.29 is 18.7 Å². The normalized spacial score (nSPS) is 13.6. The van der Waals surface area contributed by atoms with Crippen molar-refractivity contribution in [2.45, 2.75) is 31.9 Å². The Morgan fingerprint density at radius 2 is 2.22 bits per heavy atom. The van der Waals surface area contributed by atoms with Crippen LogP contribution in [0.15, 0.2) is 36.9 Å². The number of hydrogen-bond acceptors (Lipinski definition) is 3. The second-order valence-corrected chi connectivity index (χ2v) is 5.58. The number of hydrogen-bond donors (Lipinski definition) is 2. The summed E-state index contributed by atoms with van der Waals surface area (Å²) in [7, 11) is 0. The van der Waals surface area contributed by atoms with Gasteiger partial charge < -0.3 is 15.0 Å². The number of carbonyl (C=O) groups is 1. The van der Waals surface area contributed by atoms with Gasteiger partial charge in [-0.2, -0.15) is 0 Å². The number of carbonyl (C=O) groups excluding carboxylic acids is 1. The van der Waals surface area contributed by atoms with Crippen molar-refractivity contribution in [2.75, 3.05) is 6.54 Å². The van der Waals surface area contributed by atoms with E-state index in [0.29, 0.717) is 19.0 Å². The fourth-order valence-corrected chi connectivity index (χ4v) is 2.22. The van der Waals surface area contributed by atoms with Crippen LogP contribution < -0.4 is 5.32 Å². The number of nitrogens with zero attached hydrogens (tertiary/aromatic N) is 2. The summed E-state index contributed by atoms with van der Waals surface area (Å²) in [5.74, 6) is -1.80. The van der Waals surface area contributed by atoms with Gasteiger partial charge in [0.15, 0.2) is 0 Å². The first-order valence-electron chi connectivity index (χ1n) is 7.29. The van der Waals surface area contributed by atoms with E-state index in [1.165, 1.54) is 13.0 Å². The Kier molecular flexibility index (Phi) is 5.44. The van der Waals surface area contributed by atoms with Gasteiger partial charge in [-0.05, 0) is 19.4 Å². The van der Waals surface area contributed by atoms with Crippen LogP contribution in [0, 0.1) is 11.6 Å². The summed E-state index contributed by atoms with van der Waals surface area (Å²) >= 11 is 0. The van der Waals surface area contributed by atoms with Gasteiger partial charge in [-0.25, -0.2) is 13.8 Å². The van der Waals surface area contributed by atoms with Crippen LogP contribution in [0.4, 0.5) is 8.78 Å². The molecule has 5 nitrogen and oxygen atoms in total. The van der Waals surface area contributed by atoms with Crippen LogP contribution in [0.1, 0.15) is 25.3 Å². The Bertz CT molecular complexity index is 657. The lowest BCUT2D eigenvalue weighted by Crippen LogP contribution is -2.39. The molecule has 1 unspecified atom stereocenters. The molecule has 0 aliphatic carbocycles. The summed E-state index contributed by atoms with van der Waals surface area (Å²) in [4.78, 5) is 15.7. The number of benzene rings is 1. The van der Waals surface area contributed by atoms with E-state index < -0.39 is 17.2 Å². The van der Waals surface area contributed by atoms with Crippen molar-refractivity contribution in [3.05, 3.63) is 54.1 Å². The van der Waals surface area contributed by atoms with Crippen molar-refractivity contribution >= 4 is 5.91 Å². The first-order chi connectivity index (χ1) is 10.9. The minimum Gasteiger partial charge on any atom is -0.383 e. The van der Waals surface area contributed by atoms with Crippen molar-refractivity contribution in [1.82, 2.24) is 14.9 Å². The molecule has 0 saturated carbocycles. The van der Waals surface area contributed by atoms with Crippen LogP contribution in [0.25, 0.3) is 0 Å². The molecular formula is C16H19F2N3O2. The van der Waals surface area contributed by atoms with Gasteiger partial charge in [-0.15, -0.1) is 0 Å². The number of aliphatic hydroxyl groups is 1. The van der Waals surface area contributed by atoms with Crippen molar-refractivity contribution in [3.63, 3.8) is 0 Å². The molecule has 7 heteroatoms. The Morgan fingerprint density at radius 1 is 1.43 bits per heavy atom. The highest BCUT2D eigenvalue weighted by molar-refractivity contribution is 5.75. The van der Waals surface area contributed by atoms with Gasteiger partial charge in [-0.1, -0.05) is 6.07 Å². The highest BCUT2D eigenvalue weighted by atomic mass is 19.1. The lowest BCUT2D eigenvalue weighted by Gasteiger charge is -2.24. The Labute approximate surface area is 133 Å². The van der Waals surface area contributed by atoms with Gasteiger partial charge in [0, 0.05) is 37.0 Å². The number of nitrogens with one attached hydrogen (secondary N) is 1. The zero-order chi connectivity index (χ0) is 16.9. The molecule has 1 atom stereocenters. The predicted octanol–water partition coefficient (Wildman–Crippen LogP) is 1.97. The first-order valence-corrected chi connectivity index (χ1v) is 7.29. The summed E-state index contributed by atoms with van der Waals surface area (Å²) in [6.45, 7) is 1.88. The van der Waals surface area contributed by atoms with E-state index in [4.69, 9.17) is 0 Å². The van der Waals surface area contributed by atoms with Crippen LogP contribution >= 0.6 is 0 Å². The number of aryl methyl sites for hydroxylation is 1. The largest absolute Gasteiger partial charge is 0.383 e. The molecule has 0 aliphatic rings. The molecule has 1 aromatic heterocycles. The molecule has 2 rings (SSSR count). The third kappa shape index (κ3) is 4.85. The summed E-state index contributed by atoms with van der Waals surface area (Å²) in [6.07, 6.45) is 6.03. The molecule has 1 heterocycles. The molecule has 0 saturated heterocycles. The van der Waals surface area contributed by atoms with E-state index in [1.807, 2.05) is 4.57 Å². The molecule has 0 spiro atoms. The standard InChI is InChI=1S/C16H19F2N3O2/c1-16(23,13-5-4-12(17)9-14(13)18)10-20-15(22)3-2-7-21-8-6-19-11-21/h4-6,8-9,11,23H,2-3,7,10H2,1H3,(H,20,22). The summed E-state index contributed by atoms with van der Waals surface area (Å²) < 4.78 is 28.5. The first kappa shape index (κ1) is 17.1. The number of aromatic nitrogens is 2. The van der Waals surface area contributed by atoms with Gasteiger partial charge in [0.05, 0.1) is 12.9 Å². The summed E-state index contributed by atoms with van der Waals surface area (Å²) in [5, 5.41) is 12.9. The van der Waals surface area contributed by atoms with Crippen molar-refractivity contribution in [3.8, 4) is 0 Å². The van der Waals surface area contributed by atoms with E-state index >= 15 is 0 Å². The molecule has 0 radical (unpaired) electrons. The molecule has 2 aromatic rings. The SMILES string of the molecule is CC(O)(CNC(=O)CCCn1ccnc1)c1ccc(F)cc1F. The Morgan fingerprint density at radius 3 is 2.87 bits per heavy atom. The third-order valence-electron chi connectivity index (χ3n) is 3.52. The van der Waals surface area contributed by atoms with E-state index in [9.17, 15) is 18.7 Å². The number of halogens is 2. The van der Waals surface area contributed by atoms with Crippen LogP contribution in [0.2, 0.25) is 0 Å². The fraction of sp³-hybridized carbons (Fsp3) is 0.375. The van der Waals surface area contributed by atoms with Crippen molar-refractivity contribution in [2.24, 2.45) is 0 Å². The quantitative estimate of drug-likeness (QED) is 0.818. The molecule has 0 aliphatic heterocycles. The summed E-state index contributed by atoms with van der Waals surface area (Å²) in [5.41, 5.74) is -1.67. The zero-order valence-electron chi connectivity index (χ0n) is 12.8. The maximum Gasteiger partial charge on any atom is 0.220 e. The second kappa shape index (κ2) is 7.32. The van der Waals surface area contributed by atoms with Gasteiger partial charge in [0.25, 0.3) is 0 Å². The van der Waals surface area contributed by atoms with Crippen LogP contribution in [0.5, 0.6) is 0 Å². The zero-order valence-corrected chi connectivity index (χ0v) is 12.8. The summed E-state index contributed by atoms with van der Waals surface area (Å²) in [6, 6.07) is 2.95. The highest BCUT2D eigenvalue weighted by Gasteiger charge is 2.27. The van der Waals surface area contributed by atoms with Crippen molar-refractivity contribution in [1.29, 1.82) is 0 Å². The van der Waals surface area contributed by atoms with E-state index in [0.717, 1.165) is 6.07 Å². The van der Waals surface area contributed by atoms with Crippen LogP contribution in [-0.2, 0) is 16.9 Å². The monoisotopic (exact) mass is 323 g/mol. The third-order valence-corrected chi connectivity index (χ3v) is 3.52. The Hall–Kier alpha value is -2.28. The van der Waals surface area contributed by atoms with Crippen LogP contribution in [0.3, 0.4) is 0 Å². The molecule has 1 amide bonds. The van der Waals surface area contributed by atoms with Crippen LogP contribution in [-0.4, -0.2) is 27.1 Å². The predicted molar refractivity (Wildman–Crippen MR) is 80.4 cm³/mol. The minimum atomic E-state index is -1.61. The van der Waals surface area contributed by atoms with Gasteiger partial charge in [0.1, 0.15) is 17.2 Å². The number of imidazole rings is 1. The minimum absolute atomic E-state index is 0.0578. The molecule has 0 bridgehead atoms. The van der Waals surface area contributed by atoms with E-state index in [2.05, 4.69) is 10.3 Å². The lowest BCUT2D eigenvalue weighted by molar-refractivity contribution is -0.122. The second-order valence-electron chi connectivity index (χ2n) is 5.58. The van der Waals surface area contributed by atoms with Gasteiger partial charge in [-0.3, -0.25) is 4.79 Å². The topological polar surface area (TPSA) is 67.2 Å². The maximum atomic E-state index is 13.7. The van der Waals surface area contributed by atoms with E-state index in [-0.39, 0.29) is 24.4 Å². The van der Waals surface area contributed by atoms with E-state index in [1.54, 1.807) is 18.7 Å². The van der Waals surface area contributed by atoms with Gasteiger partial charge >= 0.3 is 0 Å². The number of rotatable bonds is 7. The smallest absolute Gasteiger partial charge is 0.220 e. The Balaban J connectivity index is 1.82. The lowest BCUT2D eigenvalue weighted by atomic mass is 9.95. The molecule has 124 valence electrons. The molecular weight excluding hydrogens is 304 g/mol. The van der Waals surface area contributed by atoms with Gasteiger partial charge in [0.2, 0.25) is 5.91 Å². The number of amides is 1. The maximum absolute atomic E-state index is 13.7. The molecule has 23 heavy (non-hydrogen) atoms. The fourth-order valence-electron chi connectivity index (χ4n) is 2.22. The molecule has 2 N–H and O–H groups in total. The molecule has 1 aromatic carbocycles. The average Bonchev–Trinajstić information content (AvgIpc) is 2.98.